The van der Waals surface area contributed by atoms with E-state index in [1.54, 1.807) is 31.3 Å². The molecule has 148 valence electrons. The molecule has 0 fully saturated rings. The van der Waals surface area contributed by atoms with Gasteiger partial charge in [0.2, 0.25) is 11.1 Å². The molecule has 0 saturated carbocycles. The maximum atomic E-state index is 12.8. The van der Waals surface area contributed by atoms with Gasteiger partial charge in [0.15, 0.2) is 0 Å². The highest BCUT2D eigenvalue weighted by atomic mass is 32.2. The molecule has 1 aromatic heterocycles. The second kappa shape index (κ2) is 8.48. The maximum Gasteiger partial charge on any atom is 0.270 e. The summed E-state index contributed by atoms with van der Waals surface area (Å²) < 4.78 is 1.43. The standard InChI is InChI=1S/C17H15N7O4S/c1-10(25)18-11-3-5-12(6-4-11)19-16(26)14-9-13(24(27)28)7-8-15(14)29-17-20-21-22-23(17)2/h3-9H,1-2H3,(H,18,25)(H,19,26). The van der Waals surface area contributed by atoms with Crippen LogP contribution >= 0.6 is 11.8 Å². The number of benzene rings is 2. The third-order valence-electron chi connectivity index (χ3n) is 3.66. The quantitative estimate of drug-likeness (QED) is 0.463. The molecule has 0 saturated heterocycles. The smallest absolute Gasteiger partial charge is 0.270 e. The number of nitro benzene ring substituents is 1. The van der Waals surface area contributed by atoms with Crippen molar-refractivity contribution in [1.29, 1.82) is 0 Å². The molecule has 1 heterocycles. The van der Waals surface area contributed by atoms with Crippen LogP contribution in [0.25, 0.3) is 0 Å². The van der Waals surface area contributed by atoms with Crippen molar-refractivity contribution in [3.05, 3.63) is 58.1 Å². The minimum Gasteiger partial charge on any atom is -0.326 e. The number of amides is 2. The predicted molar refractivity (Wildman–Crippen MR) is 105 cm³/mol. The Kier molecular flexibility index (Phi) is 5.83. The monoisotopic (exact) mass is 413 g/mol. The van der Waals surface area contributed by atoms with E-state index < -0.39 is 10.8 Å². The van der Waals surface area contributed by atoms with Crippen LogP contribution in [0, 0.1) is 10.1 Å². The highest BCUT2D eigenvalue weighted by Gasteiger charge is 2.19. The highest BCUT2D eigenvalue weighted by molar-refractivity contribution is 7.99. The van der Waals surface area contributed by atoms with Gasteiger partial charge < -0.3 is 10.6 Å². The fourth-order valence-corrected chi connectivity index (χ4v) is 3.18. The van der Waals surface area contributed by atoms with Gasteiger partial charge in [-0.15, -0.1) is 5.10 Å². The van der Waals surface area contributed by atoms with E-state index in [9.17, 15) is 19.7 Å². The summed E-state index contributed by atoms with van der Waals surface area (Å²) in [6.45, 7) is 1.39. The Labute approximate surface area is 168 Å². The number of carbonyl (C=O) groups excluding carboxylic acids is 2. The average molecular weight is 413 g/mol. The van der Waals surface area contributed by atoms with Crippen LogP contribution in [0.3, 0.4) is 0 Å². The van der Waals surface area contributed by atoms with Gasteiger partial charge in [-0.05, 0) is 52.5 Å². The molecule has 0 aliphatic heterocycles. The summed E-state index contributed by atoms with van der Waals surface area (Å²) in [5.41, 5.74) is 0.943. The number of hydrogen-bond acceptors (Lipinski definition) is 8. The van der Waals surface area contributed by atoms with Crippen molar-refractivity contribution in [2.75, 3.05) is 10.6 Å². The van der Waals surface area contributed by atoms with Crippen LogP contribution in [0.2, 0.25) is 0 Å². The Morgan fingerprint density at radius 3 is 2.31 bits per heavy atom. The second-order valence-electron chi connectivity index (χ2n) is 5.84. The summed E-state index contributed by atoms with van der Waals surface area (Å²) in [6, 6.07) is 10.5. The van der Waals surface area contributed by atoms with E-state index in [2.05, 4.69) is 26.2 Å². The molecule has 0 radical (unpaired) electrons. The number of anilines is 2. The van der Waals surface area contributed by atoms with Gasteiger partial charge in [0.05, 0.1) is 10.5 Å². The number of tetrazole rings is 1. The van der Waals surface area contributed by atoms with Crippen LogP contribution in [-0.2, 0) is 11.8 Å². The SMILES string of the molecule is CC(=O)Nc1ccc(NC(=O)c2cc([N+](=O)[O-])ccc2Sc2nnnn2C)cc1. The van der Waals surface area contributed by atoms with Crippen LogP contribution in [-0.4, -0.2) is 36.9 Å². The molecule has 3 aromatic rings. The largest absolute Gasteiger partial charge is 0.326 e. The Balaban J connectivity index is 1.87. The molecule has 2 aromatic carbocycles. The van der Waals surface area contributed by atoms with Crippen molar-refractivity contribution in [2.24, 2.45) is 7.05 Å². The lowest BCUT2D eigenvalue weighted by Crippen LogP contribution is -2.14. The topological polar surface area (TPSA) is 145 Å². The summed E-state index contributed by atoms with van der Waals surface area (Å²) in [7, 11) is 1.64. The molecular formula is C17H15N7O4S. The molecule has 11 nitrogen and oxygen atoms in total. The van der Waals surface area contributed by atoms with Crippen molar-refractivity contribution in [3.8, 4) is 0 Å². The summed E-state index contributed by atoms with van der Waals surface area (Å²) in [4.78, 5) is 34.9. The van der Waals surface area contributed by atoms with E-state index in [0.717, 1.165) is 11.8 Å². The third-order valence-corrected chi connectivity index (χ3v) is 4.77. The average Bonchev–Trinajstić information content (AvgIpc) is 3.07. The van der Waals surface area contributed by atoms with Gasteiger partial charge in [0, 0.05) is 42.4 Å². The van der Waals surface area contributed by atoms with Crippen LogP contribution in [0.4, 0.5) is 17.1 Å². The zero-order valence-corrected chi connectivity index (χ0v) is 16.1. The van der Waals surface area contributed by atoms with Gasteiger partial charge in [-0.25, -0.2) is 4.68 Å². The Bertz CT molecular complexity index is 1080. The minimum atomic E-state index is -0.572. The van der Waals surface area contributed by atoms with Crippen LogP contribution in [0.1, 0.15) is 17.3 Å². The molecular weight excluding hydrogens is 398 g/mol. The first-order valence-electron chi connectivity index (χ1n) is 8.21. The summed E-state index contributed by atoms with van der Waals surface area (Å²) in [6.07, 6.45) is 0. The van der Waals surface area contributed by atoms with Crippen molar-refractivity contribution >= 4 is 40.6 Å². The molecule has 0 spiro atoms. The summed E-state index contributed by atoms with van der Waals surface area (Å²) in [5, 5.41) is 28.0. The van der Waals surface area contributed by atoms with Gasteiger partial charge in [0.25, 0.3) is 11.6 Å². The van der Waals surface area contributed by atoms with Gasteiger partial charge in [-0.2, -0.15) is 0 Å². The molecule has 2 N–H and O–H groups in total. The van der Waals surface area contributed by atoms with Crippen LogP contribution in [0.15, 0.2) is 52.5 Å². The third kappa shape index (κ3) is 4.93. The van der Waals surface area contributed by atoms with E-state index in [0.29, 0.717) is 21.4 Å². The number of rotatable bonds is 6. The first-order valence-corrected chi connectivity index (χ1v) is 9.03. The van der Waals surface area contributed by atoms with E-state index in [1.165, 1.54) is 29.8 Å². The Hall–Kier alpha value is -3.80. The summed E-state index contributed by atoms with van der Waals surface area (Å²) in [5.74, 6) is -0.739. The van der Waals surface area contributed by atoms with E-state index >= 15 is 0 Å². The second-order valence-corrected chi connectivity index (χ2v) is 6.85. The first kappa shape index (κ1) is 19.9. The zero-order chi connectivity index (χ0) is 21.0. The zero-order valence-electron chi connectivity index (χ0n) is 15.3. The minimum absolute atomic E-state index is 0.109. The normalized spacial score (nSPS) is 10.4. The lowest BCUT2D eigenvalue weighted by Gasteiger charge is -2.10. The lowest BCUT2D eigenvalue weighted by atomic mass is 10.1. The number of hydrogen-bond donors (Lipinski definition) is 2. The number of non-ortho nitro benzene ring substituents is 1. The first-order chi connectivity index (χ1) is 13.8. The Morgan fingerprint density at radius 1 is 1.10 bits per heavy atom. The van der Waals surface area contributed by atoms with Crippen molar-refractivity contribution in [3.63, 3.8) is 0 Å². The molecule has 0 bridgehead atoms. The maximum absolute atomic E-state index is 12.8. The molecule has 3 rings (SSSR count). The van der Waals surface area contributed by atoms with Gasteiger partial charge in [-0.1, -0.05) is 0 Å². The lowest BCUT2D eigenvalue weighted by molar-refractivity contribution is -0.384. The van der Waals surface area contributed by atoms with E-state index in [4.69, 9.17) is 0 Å². The number of carbonyl (C=O) groups is 2. The predicted octanol–water partition coefficient (Wildman–Crippen LogP) is 2.48. The van der Waals surface area contributed by atoms with Crippen molar-refractivity contribution in [1.82, 2.24) is 20.2 Å². The van der Waals surface area contributed by atoms with Gasteiger partial charge >= 0.3 is 0 Å². The number of aryl methyl sites for hydroxylation is 1. The van der Waals surface area contributed by atoms with E-state index in [-0.39, 0.29) is 17.2 Å². The Morgan fingerprint density at radius 2 is 1.76 bits per heavy atom. The summed E-state index contributed by atoms with van der Waals surface area (Å²) >= 11 is 1.11. The fraction of sp³-hybridized carbons (Fsp3) is 0.118. The number of nitrogens with one attached hydrogen (secondary N) is 2. The van der Waals surface area contributed by atoms with Crippen LogP contribution < -0.4 is 10.6 Å². The number of nitro groups is 1. The van der Waals surface area contributed by atoms with E-state index in [1.807, 2.05) is 0 Å². The van der Waals surface area contributed by atoms with Gasteiger partial charge in [-0.3, -0.25) is 19.7 Å². The van der Waals surface area contributed by atoms with Gasteiger partial charge in [0.1, 0.15) is 0 Å². The molecule has 0 unspecified atom stereocenters. The molecule has 0 aliphatic rings. The molecule has 0 aliphatic carbocycles. The molecule has 0 atom stereocenters. The highest BCUT2D eigenvalue weighted by Crippen LogP contribution is 2.31. The van der Waals surface area contributed by atoms with Crippen molar-refractivity contribution in [2.45, 2.75) is 17.0 Å². The molecule has 2 amide bonds. The van der Waals surface area contributed by atoms with Crippen LogP contribution in [0.5, 0.6) is 0 Å². The molecule has 29 heavy (non-hydrogen) atoms. The fourth-order valence-electron chi connectivity index (χ4n) is 2.34. The number of nitrogens with zero attached hydrogens (tertiary/aromatic N) is 5. The van der Waals surface area contributed by atoms with Crippen molar-refractivity contribution < 1.29 is 14.5 Å². The number of aromatic nitrogens is 4. The molecule has 12 heteroatoms.